The van der Waals surface area contributed by atoms with Crippen molar-refractivity contribution in [2.45, 2.75) is 0 Å². The fourth-order valence-corrected chi connectivity index (χ4v) is 2.99. The lowest BCUT2D eigenvalue weighted by atomic mass is 10.1. The number of rotatable bonds is 4. The number of nitrogens with zero attached hydrogens (tertiary/aromatic N) is 3. The normalized spacial score (nSPS) is 16.0. The van der Waals surface area contributed by atoms with E-state index in [1.54, 1.807) is 4.90 Å². The Morgan fingerprint density at radius 2 is 1.83 bits per heavy atom. The molecule has 2 aliphatic heterocycles. The van der Waals surface area contributed by atoms with Crippen LogP contribution in [0.3, 0.4) is 0 Å². The quantitative estimate of drug-likeness (QED) is 0.871. The topological polar surface area (TPSA) is 45.1 Å². The summed E-state index contributed by atoms with van der Waals surface area (Å²) in [5, 5.41) is 0. The average Bonchev–Trinajstić information content (AvgIpc) is 3.09. The van der Waals surface area contributed by atoms with Crippen LogP contribution in [0.4, 0.5) is 5.69 Å². The van der Waals surface area contributed by atoms with Crippen molar-refractivity contribution in [3.8, 4) is 5.75 Å². The van der Waals surface area contributed by atoms with E-state index >= 15 is 0 Å². The summed E-state index contributed by atoms with van der Waals surface area (Å²) in [6.45, 7) is 2.48. The first-order valence-electron chi connectivity index (χ1n) is 7.75. The number of guanidine groups is 1. The molecule has 0 fully saturated rings. The van der Waals surface area contributed by atoms with E-state index in [1.807, 2.05) is 54.6 Å². The second-order valence-corrected chi connectivity index (χ2v) is 5.47. The molecule has 116 valence electrons. The van der Waals surface area contributed by atoms with Crippen LogP contribution in [0.25, 0.3) is 0 Å². The minimum atomic E-state index is 0.0390. The van der Waals surface area contributed by atoms with Crippen molar-refractivity contribution in [1.29, 1.82) is 0 Å². The molecule has 0 unspecified atom stereocenters. The third kappa shape index (κ3) is 2.44. The molecule has 0 radical (unpaired) electrons. The van der Waals surface area contributed by atoms with Crippen LogP contribution < -0.4 is 9.64 Å². The van der Waals surface area contributed by atoms with Gasteiger partial charge in [-0.15, -0.1) is 0 Å². The van der Waals surface area contributed by atoms with Gasteiger partial charge in [-0.25, -0.2) is 0 Å². The van der Waals surface area contributed by atoms with E-state index in [4.69, 9.17) is 4.74 Å². The first-order valence-corrected chi connectivity index (χ1v) is 7.75. The van der Waals surface area contributed by atoms with Gasteiger partial charge >= 0.3 is 0 Å². The monoisotopic (exact) mass is 307 g/mol. The molecule has 2 aromatic carbocycles. The summed E-state index contributed by atoms with van der Waals surface area (Å²) in [4.78, 5) is 20.9. The summed E-state index contributed by atoms with van der Waals surface area (Å²) in [6, 6.07) is 17.4. The Bertz CT molecular complexity index is 758. The molecule has 0 bridgehead atoms. The standard InChI is InChI=1S/C18H17N3O2/c22-17-15-8-4-5-9-16(15)20(18-19-10-11-21(17)18)12-13-23-14-6-2-1-3-7-14/h1-9H,10-13H2. The number of benzene rings is 2. The van der Waals surface area contributed by atoms with Gasteiger partial charge in [0, 0.05) is 6.54 Å². The zero-order valence-electron chi connectivity index (χ0n) is 12.7. The summed E-state index contributed by atoms with van der Waals surface area (Å²) in [7, 11) is 0. The molecule has 0 aliphatic carbocycles. The molecule has 2 aromatic rings. The number of hydrogen-bond donors (Lipinski definition) is 0. The maximum atomic E-state index is 12.5. The van der Waals surface area contributed by atoms with E-state index in [0.29, 0.717) is 26.2 Å². The maximum absolute atomic E-state index is 12.5. The molecule has 23 heavy (non-hydrogen) atoms. The van der Waals surface area contributed by atoms with Crippen molar-refractivity contribution in [3.63, 3.8) is 0 Å². The molecular weight excluding hydrogens is 290 g/mol. The van der Waals surface area contributed by atoms with Gasteiger partial charge in [0.25, 0.3) is 5.91 Å². The number of fused-ring (bicyclic) bond motifs is 2. The highest BCUT2D eigenvalue weighted by Gasteiger charge is 2.36. The SMILES string of the molecule is O=C1c2ccccc2N(CCOc2ccccc2)C2=NCCN12. The first-order chi connectivity index (χ1) is 11.3. The molecule has 5 heteroatoms. The van der Waals surface area contributed by atoms with Crippen LogP contribution in [-0.2, 0) is 0 Å². The highest BCUT2D eigenvalue weighted by molar-refractivity contribution is 6.19. The third-order valence-corrected chi connectivity index (χ3v) is 4.06. The van der Waals surface area contributed by atoms with Crippen LogP contribution >= 0.6 is 0 Å². The van der Waals surface area contributed by atoms with E-state index in [-0.39, 0.29) is 5.91 Å². The number of aliphatic imine (C=N–C) groups is 1. The Labute approximate surface area is 134 Å². The fraction of sp³-hybridized carbons (Fsp3) is 0.222. The molecule has 1 amide bonds. The minimum Gasteiger partial charge on any atom is -0.492 e. The zero-order chi connectivity index (χ0) is 15.6. The van der Waals surface area contributed by atoms with Gasteiger partial charge in [0.15, 0.2) is 0 Å². The largest absolute Gasteiger partial charge is 0.492 e. The van der Waals surface area contributed by atoms with Crippen molar-refractivity contribution in [2.24, 2.45) is 4.99 Å². The number of amides is 1. The molecule has 0 saturated heterocycles. The van der Waals surface area contributed by atoms with Gasteiger partial charge in [-0.1, -0.05) is 30.3 Å². The summed E-state index contributed by atoms with van der Waals surface area (Å²) >= 11 is 0. The molecule has 2 heterocycles. The highest BCUT2D eigenvalue weighted by atomic mass is 16.5. The molecular formula is C18H17N3O2. The molecule has 5 nitrogen and oxygen atoms in total. The number of anilines is 1. The average molecular weight is 307 g/mol. The summed E-state index contributed by atoms with van der Waals surface area (Å²) in [5.74, 6) is 1.63. The molecule has 4 rings (SSSR count). The lowest BCUT2D eigenvalue weighted by Gasteiger charge is -2.35. The van der Waals surface area contributed by atoms with Crippen LogP contribution in [-0.4, -0.2) is 43.0 Å². The molecule has 0 aromatic heterocycles. The van der Waals surface area contributed by atoms with Crippen LogP contribution in [0.2, 0.25) is 0 Å². The van der Waals surface area contributed by atoms with E-state index in [0.717, 1.165) is 23.0 Å². The first kappa shape index (κ1) is 13.8. The van der Waals surface area contributed by atoms with Crippen molar-refractivity contribution >= 4 is 17.6 Å². The van der Waals surface area contributed by atoms with E-state index in [9.17, 15) is 4.79 Å². The second-order valence-electron chi connectivity index (χ2n) is 5.47. The second kappa shape index (κ2) is 5.76. The van der Waals surface area contributed by atoms with Gasteiger partial charge in [0.1, 0.15) is 12.4 Å². The minimum absolute atomic E-state index is 0.0390. The predicted octanol–water partition coefficient (Wildman–Crippen LogP) is 2.40. The third-order valence-electron chi connectivity index (χ3n) is 4.06. The van der Waals surface area contributed by atoms with Gasteiger partial charge in [-0.3, -0.25) is 14.7 Å². The lowest BCUT2D eigenvalue weighted by molar-refractivity contribution is 0.0851. The highest BCUT2D eigenvalue weighted by Crippen LogP contribution is 2.29. The van der Waals surface area contributed by atoms with Crippen LogP contribution in [0.5, 0.6) is 5.75 Å². The molecule has 0 saturated carbocycles. The molecule has 0 atom stereocenters. The van der Waals surface area contributed by atoms with Gasteiger partial charge in [-0.2, -0.15) is 0 Å². The van der Waals surface area contributed by atoms with Crippen molar-refractivity contribution in [2.75, 3.05) is 31.1 Å². The summed E-state index contributed by atoms with van der Waals surface area (Å²) < 4.78 is 5.80. The van der Waals surface area contributed by atoms with Gasteiger partial charge in [0.05, 0.1) is 24.3 Å². The number of ether oxygens (including phenoxy) is 1. The molecule has 0 N–H and O–H groups in total. The van der Waals surface area contributed by atoms with Crippen LogP contribution in [0.1, 0.15) is 10.4 Å². The van der Waals surface area contributed by atoms with E-state index in [2.05, 4.69) is 9.89 Å². The van der Waals surface area contributed by atoms with E-state index in [1.165, 1.54) is 0 Å². The Balaban J connectivity index is 1.56. The van der Waals surface area contributed by atoms with Gasteiger partial charge in [0.2, 0.25) is 5.96 Å². The van der Waals surface area contributed by atoms with Crippen molar-refractivity contribution < 1.29 is 9.53 Å². The zero-order valence-corrected chi connectivity index (χ0v) is 12.7. The maximum Gasteiger partial charge on any atom is 0.262 e. The number of hydrogen-bond acceptors (Lipinski definition) is 4. The predicted molar refractivity (Wildman–Crippen MR) is 89.1 cm³/mol. The number of carbonyl (C=O) groups is 1. The number of para-hydroxylation sites is 2. The van der Waals surface area contributed by atoms with Crippen LogP contribution in [0.15, 0.2) is 59.6 Å². The van der Waals surface area contributed by atoms with Crippen molar-refractivity contribution in [1.82, 2.24) is 4.90 Å². The van der Waals surface area contributed by atoms with Gasteiger partial charge in [-0.05, 0) is 24.3 Å². The van der Waals surface area contributed by atoms with Crippen LogP contribution in [0, 0.1) is 0 Å². The Morgan fingerprint density at radius 3 is 2.70 bits per heavy atom. The Hall–Kier alpha value is -2.82. The summed E-state index contributed by atoms with van der Waals surface area (Å²) in [5.41, 5.74) is 1.64. The Morgan fingerprint density at radius 1 is 1.04 bits per heavy atom. The van der Waals surface area contributed by atoms with E-state index < -0.39 is 0 Å². The smallest absolute Gasteiger partial charge is 0.262 e. The fourth-order valence-electron chi connectivity index (χ4n) is 2.99. The number of carbonyl (C=O) groups excluding carboxylic acids is 1. The molecule has 0 spiro atoms. The summed E-state index contributed by atoms with van der Waals surface area (Å²) in [6.07, 6.45) is 0. The van der Waals surface area contributed by atoms with Crippen molar-refractivity contribution in [3.05, 3.63) is 60.2 Å². The lowest BCUT2D eigenvalue weighted by Crippen LogP contribution is -2.51. The molecule has 2 aliphatic rings. The Kier molecular flexibility index (Phi) is 3.46. The van der Waals surface area contributed by atoms with Gasteiger partial charge < -0.3 is 9.64 Å².